The van der Waals surface area contributed by atoms with Gasteiger partial charge in [-0.1, -0.05) is 0 Å². The van der Waals surface area contributed by atoms with Crippen LogP contribution in [0.3, 0.4) is 0 Å². The fraction of sp³-hybridized carbons (Fsp3) is 1.00. The molecule has 2 heteroatoms. The molecular formula is C10H19NO. The van der Waals surface area contributed by atoms with Crippen LogP contribution in [0.2, 0.25) is 0 Å². The Bertz CT molecular complexity index is 173. The number of ether oxygens (including phenoxy) is 1. The van der Waals surface area contributed by atoms with Gasteiger partial charge in [0.25, 0.3) is 0 Å². The molecule has 1 saturated carbocycles. The Morgan fingerprint density at radius 2 is 2.17 bits per heavy atom. The Kier molecular flexibility index (Phi) is 1.92. The van der Waals surface area contributed by atoms with E-state index in [1.807, 2.05) is 0 Å². The Morgan fingerprint density at radius 1 is 1.50 bits per heavy atom. The van der Waals surface area contributed by atoms with E-state index in [1.54, 1.807) is 0 Å². The fourth-order valence-corrected chi connectivity index (χ4v) is 2.55. The highest BCUT2D eigenvalue weighted by Crippen LogP contribution is 2.51. The van der Waals surface area contributed by atoms with Gasteiger partial charge < -0.3 is 9.64 Å². The SMILES string of the molecule is CC(C)OCC12CC(C1)N(C)C2. The zero-order valence-electron chi connectivity index (χ0n) is 8.34. The maximum atomic E-state index is 5.69. The van der Waals surface area contributed by atoms with Crippen molar-refractivity contribution in [2.24, 2.45) is 5.41 Å². The van der Waals surface area contributed by atoms with Crippen LogP contribution < -0.4 is 0 Å². The molecule has 3 rings (SSSR count). The van der Waals surface area contributed by atoms with Crippen LogP contribution in [0.25, 0.3) is 0 Å². The summed E-state index contributed by atoms with van der Waals surface area (Å²) in [4.78, 5) is 2.48. The Balaban J connectivity index is 1.82. The van der Waals surface area contributed by atoms with E-state index in [0.717, 1.165) is 12.6 Å². The van der Waals surface area contributed by atoms with Crippen LogP contribution in [0.4, 0.5) is 0 Å². The van der Waals surface area contributed by atoms with Gasteiger partial charge in [-0.2, -0.15) is 0 Å². The van der Waals surface area contributed by atoms with Crippen molar-refractivity contribution in [3.63, 3.8) is 0 Å². The third-order valence-corrected chi connectivity index (χ3v) is 3.27. The molecule has 0 spiro atoms. The Hall–Kier alpha value is -0.0800. The van der Waals surface area contributed by atoms with Crippen molar-refractivity contribution in [3.8, 4) is 0 Å². The van der Waals surface area contributed by atoms with E-state index in [1.165, 1.54) is 19.4 Å². The third kappa shape index (κ3) is 1.27. The highest BCUT2D eigenvalue weighted by atomic mass is 16.5. The van der Waals surface area contributed by atoms with Gasteiger partial charge in [0.05, 0.1) is 12.7 Å². The summed E-state index contributed by atoms with van der Waals surface area (Å²) in [6.45, 7) is 6.47. The summed E-state index contributed by atoms with van der Waals surface area (Å²) in [7, 11) is 2.23. The summed E-state index contributed by atoms with van der Waals surface area (Å²) in [6.07, 6.45) is 3.14. The number of rotatable bonds is 3. The van der Waals surface area contributed by atoms with Gasteiger partial charge in [-0.25, -0.2) is 0 Å². The topological polar surface area (TPSA) is 12.5 Å². The average molecular weight is 169 g/mol. The minimum atomic E-state index is 0.393. The van der Waals surface area contributed by atoms with E-state index in [4.69, 9.17) is 4.74 Å². The van der Waals surface area contributed by atoms with Crippen molar-refractivity contribution >= 4 is 0 Å². The minimum absolute atomic E-state index is 0.393. The summed E-state index contributed by atoms with van der Waals surface area (Å²) in [5, 5.41) is 0. The molecule has 1 aliphatic carbocycles. The van der Waals surface area contributed by atoms with Gasteiger partial charge in [-0.15, -0.1) is 0 Å². The zero-order valence-corrected chi connectivity index (χ0v) is 8.34. The van der Waals surface area contributed by atoms with E-state index in [-0.39, 0.29) is 0 Å². The quantitative estimate of drug-likeness (QED) is 0.635. The largest absolute Gasteiger partial charge is 0.378 e. The van der Waals surface area contributed by atoms with Crippen LogP contribution in [0.5, 0.6) is 0 Å². The first-order valence-electron chi connectivity index (χ1n) is 4.93. The second kappa shape index (κ2) is 2.71. The molecule has 0 amide bonds. The van der Waals surface area contributed by atoms with Gasteiger partial charge in [0.1, 0.15) is 0 Å². The second-order valence-corrected chi connectivity index (χ2v) is 4.84. The molecule has 0 radical (unpaired) electrons. The number of fused-ring (bicyclic) bond motifs is 1. The molecule has 2 saturated heterocycles. The maximum Gasteiger partial charge on any atom is 0.0539 e. The molecule has 12 heavy (non-hydrogen) atoms. The highest BCUT2D eigenvalue weighted by molar-refractivity contribution is 5.06. The monoisotopic (exact) mass is 169 g/mol. The molecule has 2 aliphatic heterocycles. The molecule has 0 unspecified atom stereocenters. The summed E-state index contributed by atoms with van der Waals surface area (Å²) in [5.74, 6) is 0. The van der Waals surface area contributed by atoms with Gasteiger partial charge in [0, 0.05) is 18.0 Å². The molecule has 0 aromatic carbocycles. The van der Waals surface area contributed by atoms with E-state index in [9.17, 15) is 0 Å². The van der Waals surface area contributed by atoms with Gasteiger partial charge >= 0.3 is 0 Å². The number of hydrogen-bond donors (Lipinski definition) is 0. The predicted molar refractivity (Wildman–Crippen MR) is 49.2 cm³/mol. The maximum absolute atomic E-state index is 5.69. The molecule has 3 fully saturated rings. The predicted octanol–water partition coefficient (Wildman–Crippen LogP) is 1.51. The molecule has 0 aromatic heterocycles. The van der Waals surface area contributed by atoms with E-state index in [0.29, 0.717) is 11.5 Å². The highest BCUT2D eigenvalue weighted by Gasteiger charge is 2.53. The van der Waals surface area contributed by atoms with Crippen LogP contribution in [-0.4, -0.2) is 37.2 Å². The standard InChI is InChI=1S/C10H19NO/c1-8(2)12-7-10-4-9(5-10)11(3)6-10/h8-9H,4-7H2,1-3H3. The average Bonchev–Trinajstić information content (AvgIpc) is 2.35. The molecule has 0 atom stereocenters. The van der Waals surface area contributed by atoms with Gasteiger partial charge in [-0.3, -0.25) is 0 Å². The molecule has 3 aliphatic rings. The van der Waals surface area contributed by atoms with Crippen molar-refractivity contribution in [2.45, 2.75) is 38.8 Å². The second-order valence-electron chi connectivity index (χ2n) is 4.84. The lowest BCUT2D eigenvalue weighted by Crippen LogP contribution is -2.38. The van der Waals surface area contributed by atoms with Crippen LogP contribution in [0, 0.1) is 5.41 Å². The fourth-order valence-electron chi connectivity index (χ4n) is 2.55. The number of hydrogen-bond acceptors (Lipinski definition) is 2. The van der Waals surface area contributed by atoms with Gasteiger partial charge in [0.15, 0.2) is 0 Å². The van der Waals surface area contributed by atoms with Crippen LogP contribution in [0.1, 0.15) is 26.7 Å². The smallest absolute Gasteiger partial charge is 0.0539 e. The summed E-state index contributed by atoms with van der Waals surface area (Å²) < 4.78 is 5.69. The molecule has 2 bridgehead atoms. The zero-order chi connectivity index (χ0) is 8.77. The molecular weight excluding hydrogens is 150 g/mol. The molecule has 2 nitrogen and oxygen atoms in total. The minimum Gasteiger partial charge on any atom is -0.378 e. The molecule has 2 heterocycles. The van der Waals surface area contributed by atoms with Crippen LogP contribution in [-0.2, 0) is 4.74 Å². The summed E-state index contributed by atoms with van der Waals surface area (Å²) >= 11 is 0. The van der Waals surface area contributed by atoms with Crippen molar-refractivity contribution in [3.05, 3.63) is 0 Å². The lowest BCUT2D eigenvalue weighted by molar-refractivity contribution is -0.00962. The van der Waals surface area contributed by atoms with Crippen LogP contribution in [0.15, 0.2) is 0 Å². The Labute approximate surface area is 74.9 Å². The number of nitrogens with zero attached hydrogens (tertiary/aromatic N) is 1. The third-order valence-electron chi connectivity index (χ3n) is 3.27. The van der Waals surface area contributed by atoms with E-state index >= 15 is 0 Å². The normalized spacial score (nSPS) is 40.5. The lowest BCUT2D eigenvalue weighted by atomic mass is 9.71. The van der Waals surface area contributed by atoms with Crippen molar-refractivity contribution in [2.75, 3.05) is 20.2 Å². The lowest BCUT2D eigenvalue weighted by Gasteiger charge is -2.37. The summed E-state index contributed by atoms with van der Waals surface area (Å²) in [6, 6.07) is 0.876. The first-order valence-corrected chi connectivity index (χ1v) is 4.93. The van der Waals surface area contributed by atoms with Crippen molar-refractivity contribution in [1.82, 2.24) is 4.90 Å². The Morgan fingerprint density at radius 3 is 2.58 bits per heavy atom. The molecule has 0 N–H and O–H groups in total. The van der Waals surface area contributed by atoms with Gasteiger partial charge in [-0.05, 0) is 33.7 Å². The first-order chi connectivity index (χ1) is 5.61. The van der Waals surface area contributed by atoms with E-state index < -0.39 is 0 Å². The van der Waals surface area contributed by atoms with Crippen LogP contribution >= 0.6 is 0 Å². The van der Waals surface area contributed by atoms with Crippen molar-refractivity contribution < 1.29 is 4.74 Å². The molecule has 0 aromatic rings. The molecule has 70 valence electrons. The van der Waals surface area contributed by atoms with E-state index in [2.05, 4.69) is 25.8 Å². The first kappa shape index (κ1) is 8.52. The van der Waals surface area contributed by atoms with Crippen molar-refractivity contribution in [1.29, 1.82) is 0 Å². The van der Waals surface area contributed by atoms with Gasteiger partial charge in [0.2, 0.25) is 0 Å². The summed E-state index contributed by atoms with van der Waals surface area (Å²) in [5.41, 5.74) is 0.545.